The van der Waals surface area contributed by atoms with Gasteiger partial charge in [-0.1, -0.05) is 0 Å². The zero-order chi connectivity index (χ0) is 26.1. The maximum atomic E-state index is 13.8. The van der Waals surface area contributed by atoms with Crippen molar-refractivity contribution in [2.24, 2.45) is 0 Å². The second-order valence-electron chi connectivity index (χ2n) is 9.61. The zero-order valence-electron chi connectivity index (χ0n) is 20.5. The Hall–Kier alpha value is -4.15. The van der Waals surface area contributed by atoms with Crippen LogP contribution in [0.5, 0.6) is 0 Å². The predicted octanol–water partition coefficient (Wildman–Crippen LogP) is 8.45. The van der Waals surface area contributed by atoms with Gasteiger partial charge in [0.05, 0.1) is 0 Å². The van der Waals surface area contributed by atoms with E-state index < -0.39 is 0 Å². The van der Waals surface area contributed by atoms with Crippen LogP contribution in [0.4, 0.5) is 15.9 Å². The molecule has 1 aliphatic heterocycles. The number of rotatable bonds is 2. The molecule has 39 heavy (non-hydrogen) atoms. The summed E-state index contributed by atoms with van der Waals surface area (Å²) in [6.45, 7) is 0. The summed E-state index contributed by atoms with van der Waals surface area (Å²) in [5, 5.41) is 3.69. The molecule has 0 spiro atoms. The van der Waals surface area contributed by atoms with Crippen LogP contribution in [-0.4, -0.2) is 26.1 Å². The summed E-state index contributed by atoms with van der Waals surface area (Å²) < 4.78 is 2.20. The quantitative estimate of drug-likeness (QED) is 0.0885. The van der Waals surface area contributed by atoms with Gasteiger partial charge in [0.1, 0.15) is 0 Å². The molecule has 5 aromatic carbocycles. The molecule has 6 aromatic rings. The fourth-order valence-electron chi connectivity index (χ4n) is 5.74. The molecule has 5 heteroatoms. The molecule has 1 aromatic heterocycles. The summed E-state index contributed by atoms with van der Waals surface area (Å²) in [4.78, 5) is 32.4. The average Bonchev–Trinajstić information content (AvgIpc) is 3.54. The van der Waals surface area contributed by atoms with Gasteiger partial charge in [0, 0.05) is 0 Å². The number of benzene rings is 5. The number of carbonyl (C=O) groups excluding carboxylic acids is 2. The van der Waals surface area contributed by atoms with Crippen LogP contribution in [0, 0.1) is 0 Å². The van der Waals surface area contributed by atoms with Crippen molar-refractivity contribution >= 4 is 81.4 Å². The fraction of sp³-hybridized carbons (Fsp3) is 0. The van der Waals surface area contributed by atoms with Crippen molar-refractivity contribution in [2.75, 3.05) is 4.90 Å². The third-order valence-electron chi connectivity index (χ3n) is 7.43. The average molecular weight is 585 g/mol. The first kappa shape index (κ1) is 22.8. The van der Waals surface area contributed by atoms with E-state index in [-0.39, 0.29) is 31.6 Å². The third kappa shape index (κ3) is 3.38. The van der Waals surface area contributed by atoms with Crippen molar-refractivity contribution in [1.29, 1.82) is 0 Å². The number of allylic oxidation sites excluding steroid dienone is 1. The summed E-state index contributed by atoms with van der Waals surface area (Å²) >= 11 is 1.71. The van der Waals surface area contributed by atoms with E-state index in [0.29, 0.717) is 11.1 Å². The first-order valence-corrected chi connectivity index (χ1v) is 15.2. The normalized spacial score (nSPS) is 14.1. The van der Waals surface area contributed by atoms with E-state index in [1.165, 1.54) is 14.4 Å². The van der Waals surface area contributed by atoms with Gasteiger partial charge in [-0.3, -0.25) is 0 Å². The van der Waals surface area contributed by atoms with E-state index in [1.54, 1.807) is 11.8 Å². The fourth-order valence-corrected chi connectivity index (χ4v) is 8.85. The Balaban J connectivity index is 1.26. The monoisotopic (exact) mass is 585 g/mol. The van der Waals surface area contributed by atoms with Gasteiger partial charge >= 0.3 is 236 Å². The van der Waals surface area contributed by atoms with Gasteiger partial charge in [0.15, 0.2) is 0 Å². The number of para-hydroxylation sites is 2. The molecule has 0 amide bonds. The van der Waals surface area contributed by atoms with Crippen molar-refractivity contribution in [3.8, 4) is 0 Å². The molecule has 0 unspecified atom stereocenters. The van der Waals surface area contributed by atoms with Gasteiger partial charge in [0.2, 0.25) is 0 Å². The van der Waals surface area contributed by atoms with E-state index in [0.717, 1.165) is 37.4 Å². The van der Waals surface area contributed by atoms with Crippen LogP contribution < -0.4 is 4.90 Å². The number of nitrogens with zero attached hydrogens (tertiary/aromatic N) is 1. The van der Waals surface area contributed by atoms with Crippen molar-refractivity contribution in [3.63, 3.8) is 0 Å². The number of Topliss-reactive ketones (excluding diaryl/α,β-unsaturated/α-hetero) is 2. The molecule has 2 heterocycles. The predicted molar refractivity (Wildman–Crippen MR) is 160 cm³/mol. The molecule has 3 nitrogen and oxygen atoms in total. The summed E-state index contributed by atoms with van der Waals surface area (Å²) in [7, 11) is 0. The number of hydrogen-bond donors (Lipinski definition) is 0. The molecule has 0 saturated carbocycles. The van der Waals surface area contributed by atoms with E-state index in [4.69, 9.17) is 0 Å². The molecule has 2 aliphatic rings. The molecular formula is C34H19NO2SSe. The van der Waals surface area contributed by atoms with Crippen LogP contribution in [0.3, 0.4) is 0 Å². The maximum absolute atomic E-state index is 13.8. The topological polar surface area (TPSA) is 37.4 Å². The van der Waals surface area contributed by atoms with Gasteiger partial charge in [-0.2, -0.15) is 0 Å². The molecule has 0 saturated heterocycles. The Morgan fingerprint density at radius 2 is 1.05 bits per heavy atom. The van der Waals surface area contributed by atoms with Crippen LogP contribution in [0.2, 0.25) is 0 Å². The number of fused-ring (bicyclic) bond motifs is 8. The van der Waals surface area contributed by atoms with E-state index in [9.17, 15) is 9.59 Å². The minimum atomic E-state index is -0.174. The summed E-state index contributed by atoms with van der Waals surface area (Å²) in [5.74, 6) is -0.348. The van der Waals surface area contributed by atoms with E-state index in [2.05, 4.69) is 65.6 Å². The molecule has 184 valence electrons. The molecule has 8 rings (SSSR count). The molecular weight excluding hydrogens is 565 g/mol. The van der Waals surface area contributed by atoms with Crippen molar-refractivity contribution < 1.29 is 9.59 Å². The summed E-state index contributed by atoms with van der Waals surface area (Å²) in [6, 6.07) is 36.9. The van der Waals surface area contributed by atoms with Crippen LogP contribution in [0.25, 0.3) is 27.6 Å². The third-order valence-corrected chi connectivity index (χ3v) is 10.7. The van der Waals surface area contributed by atoms with Gasteiger partial charge in [-0.05, 0) is 0 Å². The second kappa shape index (κ2) is 8.69. The molecule has 1 aliphatic carbocycles. The Bertz CT molecular complexity index is 1930. The minimum absolute atomic E-state index is 0.0747. The molecule has 0 radical (unpaired) electrons. The Kier molecular flexibility index (Phi) is 5.08. The first-order valence-electron chi connectivity index (χ1n) is 12.7. The van der Waals surface area contributed by atoms with Crippen LogP contribution in [0.15, 0.2) is 125 Å². The molecule has 0 bridgehead atoms. The van der Waals surface area contributed by atoms with Crippen molar-refractivity contribution in [2.45, 2.75) is 9.79 Å². The number of hydrogen-bond acceptors (Lipinski definition) is 4. The standard InChI is InChI=1S/C34H19NO2SSe/c36-33-25(34(37)32-24-12-4-2-10-22(24)21-9-1-3-11-23(21)31(32)33)19-20-17-18-30(39-20)35-26-13-5-7-15-28(26)38-29-16-8-6-14-27(29)35/h1-19H. The number of carbonyl (C=O) groups is 2. The van der Waals surface area contributed by atoms with E-state index >= 15 is 0 Å². The van der Waals surface area contributed by atoms with Crippen LogP contribution in [0.1, 0.15) is 25.2 Å². The number of anilines is 3. The van der Waals surface area contributed by atoms with Gasteiger partial charge in [0.25, 0.3) is 0 Å². The SMILES string of the molecule is O=C1C(=Cc2ccc(N3c4ccccc4Sc4ccccc43)[se]2)C(=O)c2c1c1ccccc1c1ccccc21. The zero-order valence-corrected chi connectivity index (χ0v) is 23.1. The Morgan fingerprint density at radius 3 is 1.62 bits per heavy atom. The first-order chi connectivity index (χ1) is 19.2. The summed E-state index contributed by atoms with van der Waals surface area (Å²) in [5.41, 5.74) is 3.67. The molecule has 0 atom stereocenters. The molecule has 0 fully saturated rings. The Morgan fingerprint density at radius 1 is 0.564 bits per heavy atom. The van der Waals surface area contributed by atoms with Gasteiger partial charge in [-0.15, -0.1) is 0 Å². The van der Waals surface area contributed by atoms with Crippen molar-refractivity contribution in [1.82, 2.24) is 0 Å². The summed E-state index contributed by atoms with van der Waals surface area (Å²) in [6.07, 6.45) is 1.84. The van der Waals surface area contributed by atoms with Crippen LogP contribution in [-0.2, 0) is 0 Å². The van der Waals surface area contributed by atoms with Gasteiger partial charge < -0.3 is 0 Å². The molecule has 0 N–H and O–H groups in total. The van der Waals surface area contributed by atoms with E-state index in [1.807, 2.05) is 54.6 Å². The van der Waals surface area contributed by atoms with Crippen molar-refractivity contribution in [3.05, 3.63) is 130 Å². The van der Waals surface area contributed by atoms with Gasteiger partial charge in [-0.25, -0.2) is 0 Å². The van der Waals surface area contributed by atoms with Crippen LogP contribution >= 0.6 is 11.8 Å². The number of ketones is 2. The second-order valence-corrected chi connectivity index (χ2v) is 13.0. The Labute approximate surface area is 235 Å².